The third-order valence-electron chi connectivity index (χ3n) is 3.62. The molecule has 1 aliphatic rings. The monoisotopic (exact) mass is 368 g/mol. The van der Waals surface area contributed by atoms with Crippen LogP contribution in [0.25, 0.3) is 0 Å². The van der Waals surface area contributed by atoms with E-state index in [0.29, 0.717) is 0 Å². The van der Waals surface area contributed by atoms with E-state index < -0.39 is 40.9 Å². The van der Waals surface area contributed by atoms with E-state index >= 15 is 0 Å². The molecule has 0 aromatic carbocycles. The van der Waals surface area contributed by atoms with Crippen LogP contribution in [0.1, 0.15) is 30.3 Å². The SMILES string of the molecule is Cl.NC(c1ccc(Cl)c(C(F)(F)F)n1)C1CC(C(F)(F)F)C1. The number of hydrogen-bond acceptors (Lipinski definition) is 2. The number of halogens is 8. The summed E-state index contributed by atoms with van der Waals surface area (Å²) in [6.07, 6.45) is -9.42. The standard InChI is InChI=1S/C12H11ClF6N2.ClH/c13-7-1-2-8(21-10(7)12(17,18)19)9(20)5-3-6(4-5)11(14,15)16;/h1-2,5-6,9H,3-4,20H2;1H. The minimum Gasteiger partial charge on any atom is -0.322 e. The maximum absolute atomic E-state index is 12.7. The van der Waals surface area contributed by atoms with Gasteiger partial charge in [-0.2, -0.15) is 26.3 Å². The van der Waals surface area contributed by atoms with Crippen molar-refractivity contribution in [1.82, 2.24) is 4.98 Å². The van der Waals surface area contributed by atoms with Gasteiger partial charge in [0.05, 0.1) is 16.6 Å². The molecule has 0 aliphatic heterocycles. The van der Waals surface area contributed by atoms with Gasteiger partial charge in [0, 0.05) is 6.04 Å². The van der Waals surface area contributed by atoms with Crippen molar-refractivity contribution < 1.29 is 26.3 Å². The third kappa shape index (κ3) is 3.97. The Kier molecular flexibility index (Phi) is 5.63. The zero-order chi connectivity index (χ0) is 16.0. The predicted molar refractivity (Wildman–Crippen MR) is 70.7 cm³/mol. The number of nitrogens with two attached hydrogens (primary N) is 1. The summed E-state index contributed by atoms with van der Waals surface area (Å²) in [6.45, 7) is 0. The highest BCUT2D eigenvalue weighted by molar-refractivity contribution is 6.31. The Morgan fingerprint density at radius 3 is 2.14 bits per heavy atom. The van der Waals surface area contributed by atoms with Crippen molar-refractivity contribution in [2.24, 2.45) is 17.6 Å². The molecule has 126 valence electrons. The lowest BCUT2D eigenvalue weighted by Crippen LogP contribution is -2.41. The van der Waals surface area contributed by atoms with Crippen LogP contribution >= 0.6 is 24.0 Å². The van der Waals surface area contributed by atoms with Gasteiger partial charge in [-0.25, -0.2) is 4.98 Å². The van der Waals surface area contributed by atoms with E-state index in [0.717, 1.165) is 6.07 Å². The molecular formula is C12H12Cl2F6N2. The molecule has 10 heteroatoms. The van der Waals surface area contributed by atoms with Crippen molar-refractivity contribution in [3.8, 4) is 0 Å². The van der Waals surface area contributed by atoms with Gasteiger partial charge in [0.2, 0.25) is 0 Å². The van der Waals surface area contributed by atoms with Crippen LogP contribution in [-0.4, -0.2) is 11.2 Å². The summed E-state index contributed by atoms with van der Waals surface area (Å²) >= 11 is 5.42. The number of hydrogen-bond donors (Lipinski definition) is 1. The van der Waals surface area contributed by atoms with E-state index in [1.165, 1.54) is 6.07 Å². The summed E-state index contributed by atoms with van der Waals surface area (Å²) in [5, 5.41) is -0.569. The fourth-order valence-electron chi connectivity index (χ4n) is 2.31. The topological polar surface area (TPSA) is 38.9 Å². The summed E-state index contributed by atoms with van der Waals surface area (Å²) in [6, 6.07) is 1.25. The Labute approximate surface area is 133 Å². The van der Waals surface area contributed by atoms with Gasteiger partial charge in [0.15, 0.2) is 5.69 Å². The number of nitrogens with zero attached hydrogens (tertiary/aromatic N) is 1. The van der Waals surface area contributed by atoms with Crippen molar-refractivity contribution in [2.45, 2.75) is 31.2 Å². The molecule has 1 saturated carbocycles. The predicted octanol–water partition coefficient (Wildman–Crippen LogP) is 4.76. The molecule has 1 aliphatic carbocycles. The van der Waals surface area contributed by atoms with Crippen LogP contribution in [-0.2, 0) is 6.18 Å². The Balaban J connectivity index is 0.00000242. The number of alkyl halides is 6. The van der Waals surface area contributed by atoms with Crippen LogP contribution in [0, 0.1) is 11.8 Å². The zero-order valence-electron chi connectivity index (χ0n) is 10.9. The van der Waals surface area contributed by atoms with Gasteiger partial charge in [-0.15, -0.1) is 12.4 Å². The summed E-state index contributed by atoms with van der Waals surface area (Å²) in [7, 11) is 0. The molecule has 1 aromatic rings. The minimum absolute atomic E-state index is 0. The van der Waals surface area contributed by atoms with E-state index in [9.17, 15) is 26.3 Å². The molecule has 0 amide bonds. The Bertz CT molecular complexity index is 525. The molecule has 2 N–H and O–H groups in total. The first kappa shape index (κ1) is 19.3. The van der Waals surface area contributed by atoms with Crippen molar-refractivity contribution >= 4 is 24.0 Å². The summed E-state index contributed by atoms with van der Waals surface area (Å²) in [5.74, 6) is -1.98. The number of pyridine rings is 1. The highest BCUT2D eigenvalue weighted by Crippen LogP contribution is 2.48. The minimum atomic E-state index is -4.74. The molecule has 1 aromatic heterocycles. The van der Waals surface area contributed by atoms with Crippen LogP contribution in [0.5, 0.6) is 0 Å². The zero-order valence-corrected chi connectivity index (χ0v) is 12.5. The first-order valence-electron chi connectivity index (χ1n) is 6.06. The molecule has 22 heavy (non-hydrogen) atoms. The molecule has 1 fully saturated rings. The number of rotatable bonds is 2. The van der Waals surface area contributed by atoms with E-state index in [1.54, 1.807) is 0 Å². The molecule has 0 saturated heterocycles. The quantitative estimate of drug-likeness (QED) is 0.764. The number of aromatic nitrogens is 1. The van der Waals surface area contributed by atoms with Crippen LogP contribution < -0.4 is 5.73 Å². The average molecular weight is 369 g/mol. The molecule has 1 heterocycles. The van der Waals surface area contributed by atoms with E-state index in [-0.39, 0.29) is 30.9 Å². The van der Waals surface area contributed by atoms with Crippen molar-refractivity contribution in [2.75, 3.05) is 0 Å². The third-order valence-corrected chi connectivity index (χ3v) is 3.93. The lowest BCUT2D eigenvalue weighted by Gasteiger charge is -2.39. The first-order chi connectivity index (χ1) is 9.50. The van der Waals surface area contributed by atoms with Gasteiger partial charge < -0.3 is 5.73 Å². The Morgan fingerprint density at radius 1 is 1.14 bits per heavy atom. The van der Waals surface area contributed by atoms with E-state index in [2.05, 4.69) is 4.98 Å². The van der Waals surface area contributed by atoms with Crippen LogP contribution in [0.15, 0.2) is 12.1 Å². The van der Waals surface area contributed by atoms with Gasteiger partial charge in [0.1, 0.15) is 0 Å². The highest BCUT2D eigenvalue weighted by atomic mass is 35.5. The summed E-state index contributed by atoms with van der Waals surface area (Å²) in [5.41, 5.74) is 4.35. The summed E-state index contributed by atoms with van der Waals surface area (Å²) in [4.78, 5) is 3.37. The normalized spacial score (nSPS) is 23.5. The fourth-order valence-corrected chi connectivity index (χ4v) is 2.52. The second kappa shape index (κ2) is 6.41. The molecule has 1 atom stereocenters. The molecule has 0 radical (unpaired) electrons. The van der Waals surface area contributed by atoms with Crippen LogP contribution in [0.2, 0.25) is 5.02 Å². The molecule has 2 rings (SSSR count). The fraction of sp³-hybridized carbons (Fsp3) is 0.583. The largest absolute Gasteiger partial charge is 0.434 e. The van der Waals surface area contributed by atoms with Crippen LogP contribution in [0.3, 0.4) is 0 Å². The first-order valence-corrected chi connectivity index (χ1v) is 6.44. The van der Waals surface area contributed by atoms with Gasteiger partial charge >= 0.3 is 12.4 Å². The highest BCUT2D eigenvalue weighted by Gasteiger charge is 2.49. The van der Waals surface area contributed by atoms with Gasteiger partial charge in [0.25, 0.3) is 0 Å². The molecule has 1 unspecified atom stereocenters. The molecular weight excluding hydrogens is 357 g/mol. The Morgan fingerprint density at radius 2 is 1.68 bits per heavy atom. The van der Waals surface area contributed by atoms with Crippen molar-refractivity contribution in [1.29, 1.82) is 0 Å². The van der Waals surface area contributed by atoms with Gasteiger partial charge in [-0.1, -0.05) is 11.6 Å². The second-order valence-corrected chi connectivity index (χ2v) is 5.47. The second-order valence-electron chi connectivity index (χ2n) is 5.06. The molecule has 0 spiro atoms. The van der Waals surface area contributed by atoms with E-state index in [1.807, 2.05) is 0 Å². The maximum atomic E-state index is 12.7. The lowest BCUT2D eigenvalue weighted by atomic mass is 9.70. The lowest BCUT2D eigenvalue weighted by molar-refractivity contribution is -0.206. The molecule has 0 bridgehead atoms. The van der Waals surface area contributed by atoms with Gasteiger partial charge in [-0.05, 0) is 30.9 Å². The summed E-state index contributed by atoms with van der Waals surface area (Å²) < 4.78 is 75.2. The van der Waals surface area contributed by atoms with Crippen LogP contribution in [0.4, 0.5) is 26.3 Å². The van der Waals surface area contributed by atoms with E-state index in [4.69, 9.17) is 17.3 Å². The van der Waals surface area contributed by atoms with Crippen molar-refractivity contribution in [3.05, 3.63) is 28.5 Å². The smallest absolute Gasteiger partial charge is 0.322 e. The maximum Gasteiger partial charge on any atom is 0.434 e. The molecule has 2 nitrogen and oxygen atoms in total. The van der Waals surface area contributed by atoms with Crippen molar-refractivity contribution in [3.63, 3.8) is 0 Å². The average Bonchev–Trinajstić information content (AvgIpc) is 2.23. The Hall–Kier alpha value is -0.730. The van der Waals surface area contributed by atoms with Gasteiger partial charge in [-0.3, -0.25) is 0 Å².